The van der Waals surface area contributed by atoms with Crippen LogP contribution in [0.5, 0.6) is 0 Å². The van der Waals surface area contributed by atoms with Gasteiger partial charge in [0.15, 0.2) is 5.78 Å². The van der Waals surface area contributed by atoms with Crippen LogP contribution in [0.15, 0.2) is 42.5 Å². The molecule has 0 bridgehead atoms. The predicted octanol–water partition coefficient (Wildman–Crippen LogP) is 4.49. The summed E-state index contributed by atoms with van der Waals surface area (Å²) in [6.45, 7) is 4.44. The van der Waals surface area contributed by atoms with Gasteiger partial charge in [-0.2, -0.15) is 0 Å². The molecule has 1 aliphatic rings. The van der Waals surface area contributed by atoms with Gasteiger partial charge >= 0.3 is 0 Å². The number of ketones is 1. The summed E-state index contributed by atoms with van der Waals surface area (Å²) < 4.78 is 0. The maximum Gasteiger partial charge on any atom is 0.229 e. The van der Waals surface area contributed by atoms with Gasteiger partial charge in [0.05, 0.1) is 5.02 Å². The third kappa shape index (κ3) is 4.42. The van der Waals surface area contributed by atoms with Crippen LogP contribution in [0.3, 0.4) is 0 Å². The summed E-state index contributed by atoms with van der Waals surface area (Å²) in [4.78, 5) is 38.5. The minimum atomic E-state index is -0.228. The van der Waals surface area contributed by atoms with Crippen LogP contribution in [-0.4, -0.2) is 24.1 Å². The number of benzene rings is 2. The molecule has 0 aromatic heterocycles. The number of halogens is 1. The average molecular weight is 399 g/mol. The SMILES string of the molecule is CC(C)C(=O)N1CCc2cc(NC(=O)CCC(=O)c3ccccc3Cl)ccc21. The van der Waals surface area contributed by atoms with E-state index in [0.717, 1.165) is 17.7 Å². The standard InChI is InChI=1S/C22H23ClN2O3/c1-14(2)22(28)25-12-11-15-13-16(7-8-19(15)25)24-21(27)10-9-20(26)17-5-3-4-6-18(17)23/h3-8,13-14H,9-12H2,1-2H3,(H,24,27). The molecule has 6 heteroatoms. The molecule has 28 heavy (non-hydrogen) atoms. The second-order valence-electron chi connectivity index (χ2n) is 7.19. The van der Waals surface area contributed by atoms with Crippen LogP contribution in [0.25, 0.3) is 0 Å². The number of carbonyl (C=O) groups excluding carboxylic acids is 3. The molecule has 5 nitrogen and oxygen atoms in total. The summed E-state index contributed by atoms with van der Waals surface area (Å²) >= 11 is 6.02. The Labute approximate surface area is 169 Å². The van der Waals surface area contributed by atoms with Crippen molar-refractivity contribution in [1.29, 1.82) is 0 Å². The molecule has 2 aromatic carbocycles. The van der Waals surface area contributed by atoms with Crippen LogP contribution in [0, 0.1) is 5.92 Å². The van der Waals surface area contributed by atoms with Crippen LogP contribution in [0.1, 0.15) is 42.6 Å². The first-order chi connectivity index (χ1) is 13.4. The van der Waals surface area contributed by atoms with Crippen LogP contribution in [0.4, 0.5) is 11.4 Å². The summed E-state index contributed by atoms with van der Waals surface area (Å²) in [7, 11) is 0. The molecule has 0 fully saturated rings. The molecule has 0 saturated heterocycles. The normalized spacial score (nSPS) is 12.8. The lowest BCUT2D eigenvalue weighted by atomic mass is 10.1. The van der Waals surface area contributed by atoms with Gasteiger partial charge in [-0.1, -0.05) is 37.6 Å². The first-order valence-electron chi connectivity index (χ1n) is 9.38. The zero-order chi connectivity index (χ0) is 20.3. The number of nitrogens with one attached hydrogen (secondary N) is 1. The molecule has 3 rings (SSSR count). The highest BCUT2D eigenvalue weighted by molar-refractivity contribution is 6.34. The van der Waals surface area contributed by atoms with Crippen LogP contribution >= 0.6 is 11.6 Å². The number of nitrogens with zero attached hydrogens (tertiary/aromatic N) is 1. The Kier molecular flexibility index (Phi) is 6.15. The Morgan fingerprint density at radius 3 is 2.57 bits per heavy atom. The molecule has 0 aliphatic carbocycles. The Morgan fingerprint density at radius 1 is 1.11 bits per heavy atom. The predicted molar refractivity (Wildman–Crippen MR) is 111 cm³/mol. The molecular formula is C22H23ClN2O3. The fourth-order valence-electron chi connectivity index (χ4n) is 3.29. The molecule has 0 spiro atoms. The second kappa shape index (κ2) is 8.57. The van der Waals surface area contributed by atoms with Gasteiger partial charge in [-0.25, -0.2) is 0 Å². The molecule has 1 heterocycles. The minimum Gasteiger partial charge on any atom is -0.326 e. The fourth-order valence-corrected chi connectivity index (χ4v) is 3.53. The Hall–Kier alpha value is -2.66. The summed E-state index contributed by atoms with van der Waals surface area (Å²) in [5, 5.41) is 3.23. The van der Waals surface area contributed by atoms with Crippen molar-refractivity contribution in [3.8, 4) is 0 Å². The van der Waals surface area contributed by atoms with Gasteiger partial charge in [-0.05, 0) is 42.3 Å². The number of anilines is 2. The van der Waals surface area contributed by atoms with Gasteiger partial charge in [0.1, 0.15) is 0 Å². The third-order valence-electron chi connectivity index (χ3n) is 4.77. The molecule has 2 amide bonds. The van der Waals surface area contributed by atoms with E-state index in [1.54, 1.807) is 35.2 Å². The largest absolute Gasteiger partial charge is 0.326 e. The molecule has 2 aromatic rings. The van der Waals surface area contributed by atoms with Gasteiger partial charge in [-0.3, -0.25) is 14.4 Å². The van der Waals surface area contributed by atoms with Crippen molar-refractivity contribution in [1.82, 2.24) is 0 Å². The summed E-state index contributed by atoms with van der Waals surface area (Å²) in [5.41, 5.74) is 3.06. The summed E-state index contributed by atoms with van der Waals surface area (Å²) in [6.07, 6.45) is 0.943. The highest BCUT2D eigenvalue weighted by atomic mass is 35.5. The molecule has 0 unspecified atom stereocenters. The van der Waals surface area contributed by atoms with Crippen molar-refractivity contribution in [2.45, 2.75) is 33.1 Å². The van der Waals surface area contributed by atoms with Gasteiger partial charge in [0.2, 0.25) is 11.8 Å². The minimum absolute atomic E-state index is 0.0546. The van der Waals surface area contributed by atoms with Crippen molar-refractivity contribution in [2.75, 3.05) is 16.8 Å². The van der Waals surface area contributed by atoms with E-state index in [0.29, 0.717) is 22.8 Å². The molecule has 146 valence electrons. The van der Waals surface area contributed by atoms with Crippen LogP contribution < -0.4 is 10.2 Å². The second-order valence-corrected chi connectivity index (χ2v) is 7.60. The van der Waals surface area contributed by atoms with E-state index in [2.05, 4.69) is 5.32 Å². The van der Waals surface area contributed by atoms with Crippen molar-refractivity contribution < 1.29 is 14.4 Å². The molecule has 0 saturated carbocycles. The maximum absolute atomic E-state index is 12.3. The van der Waals surface area contributed by atoms with E-state index in [1.165, 1.54) is 0 Å². The Bertz CT molecular complexity index is 924. The van der Waals surface area contributed by atoms with E-state index in [9.17, 15) is 14.4 Å². The first-order valence-corrected chi connectivity index (χ1v) is 9.76. The zero-order valence-corrected chi connectivity index (χ0v) is 16.8. The summed E-state index contributed by atoms with van der Waals surface area (Å²) in [5.74, 6) is -0.333. The van der Waals surface area contributed by atoms with Gasteiger partial charge in [0, 0.05) is 42.2 Å². The van der Waals surface area contributed by atoms with E-state index < -0.39 is 0 Å². The van der Waals surface area contributed by atoms with Crippen molar-refractivity contribution >= 4 is 40.6 Å². The van der Waals surface area contributed by atoms with Crippen molar-refractivity contribution in [3.63, 3.8) is 0 Å². The zero-order valence-electron chi connectivity index (χ0n) is 16.0. The van der Waals surface area contributed by atoms with E-state index in [4.69, 9.17) is 11.6 Å². The number of fused-ring (bicyclic) bond motifs is 1. The first kappa shape index (κ1) is 20.1. The number of hydrogen-bond donors (Lipinski definition) is 1. The summed E-state index contributed by atoms with van der Waals surface area (Å²) in [6, 6.07) is 12.4. The number of carbonyl (C=O) groups is 3. The van der Waals surface area contributed by atoms with Crippen LogP contribution in [0.2, 0.25) is 5.02 Å². The third-order valence-corrected chi connectivity index (χ3v) is 5.10. The molecule has 1 aliphatic heterocycles. The molecule has 0 radical (unpaired) electrons. The topological polar surface area (TPSA) is 66.5 Å². The molecule has 1 N–H and O–H groups in total. The lowest BCUT2D eigenvalue weighted by Crippen LogP contribution is -2.32. The smallest absolute Gasteiger partial charge is 0.229 e. The number of hydrogen-bond acceptors (Lipinski definition) is 3. The Morgan fingerprint density at radius 2 is 1.86 bits per heavy atom. The highest BCUT2D eigenvalue weighted by Crippen LogP contribution is 2.31. The van der Waals surface area contributed by atoms with Crippen LogP contribution in [-0.2, 0) is 16.0 Å². The maximum atomic E-state index is 12.3. The average Bonchev–Trinajstić information content (AvgIpc) is 3.09. The van der Waals surface area contributed by atoms with E-state index in [-0.39, 0.29) is 36.4 Å². The lowest BCUT2D eigenvalue weighted by molar-refractivity contribution is -0.121. The quantitative estimate of drug-likeness (QED) is 0.729. The monoisotopic (exact) mass is 398 g/mol. The van der Waals surface area contributed by atoms with E-state index >= 15 is 0 Å². The van der Waals surface area contributed by atoms with Gasteiger partial charge in [0.25, 0.3) is 0 Å². The Balaban J connectivity index is 1.59. The molecular weight excluding hydrogens is 376 g/mol. The fraction of sp³-hybridized carbons (Fsp3) is 0.318. The van der Waals surface area contributed by atoms with Crippen molar-refractivity contribution in [2.24, 2.45) is 5.92 Å². The number of rotatable bonds is 6. The lowest BCUT2D eigenvalue weighted by Gasteiger charge is -2.19. The van der Waals surface area contributed by atoms with Gasteiger partial charge in [-0.15, -0.1) is 0 Å². The number of amides is 2. The molecule has 0 atom stereocenters. The van der Waals surface area contributed by atoms with Gasteiger partial charge < -0.3 is 10.2 Å². The highest BCUT2D eigenvalue weighted by Gasteiger charge is 2.26. The number of Topliss-reactive ketones (excluding diaryl/α,β-unsaturated/α-hetero) is 1. The van der Waals surface area contributed by atoms with E-state index in [1.807, 2.05) is 26.0 Å². The van der Waals surface area contributed by atoms with Crippen molar-refractivity contribution in [3.05, 3.63) is 58.6 Å².